The first-order chi connectivity index (χ1) is 12.2. The fourth-order valence-corrected chi connectivity index (χ4v) is 3.18. The van der Waals surface area contributed by atoms with Gasteiger partial charge in [0.05, 0.1) is 17.8 Å². The summed E-state index contributed by atoms with van der Waals surface area (Å²) < 4.78 is 3.31. The Morgan fingerprint density at radius 1 is 1.36 bits per heavy atom. The molecule has 1 fully saturated rings. The van der Waals surface area contributed by atoms with Crippen molar-refractivity contribution >= 4 is 11.6 Å². The van der Waals surface area contributed by atoms with Crippen molar-refractivity contribution in [1.29, 1.82) is 0 Å². The van der Waals surface area contributed by atoms with Gasteiger partial charge in [-0.15, -0.1) is 5.10 Å². The third kappa shape index (κ3) is 3.13. The molecule has 4 rings (SSSR count). The second-order valence-corrected chi connectivity index (χ2v) is 6.11. The van der Waals surface area contributed by atoms with Gasteiger partial charge < -0.3 is 10.6 Å². The number of hydrogen-bond donors (Lipinski definition) is 2. The predicted molar refractivity (Wildman–Crippen MR) is 90.1 cm³/mol. The molecule has 9 heteroatoms. The quantitative estimate of drug-likeness (QED) is 0.711. The highest BCUT2D eigenvalue weighted by Gasteiger charge is 2.34. The number of benzene rings is 1. The summed E-state index contributed by atoms with van der Waals surface area (Å²) in [6.45, 7) is 1.42. The largest absolute Gasteiger partial charge is 0.326 e. The van der Waals surface area contributed by atoms with Gasteiger partial charge in [0, 0.05) is 37.9 Å². The van der Waals surface area contributed by atoms with Crippen LogP contribution in [0.2, 0.25) is 0 Å². The molecular formula is C16H18N8O. The van der Waals surface area contributed by atoms with E-state index in [0.29, 0.717) is 6.54 Å². The average Bonchev–Trinajstić information content (AvgIpc) is 3.36. The van der Waals surface area contributed by atoms with Gasteiger partial charge in [-0.25, -0.2) is 4.68 Å². The molecule has 3 heterocycles. The van der Waals surface area contributed by atoms with Crippen molar-refractivity contribution in [1.82, 2.24) is 35.3 Å². The fourth-order valence-electron chi connectivity index (χ4n) is 3.18. The molecule has 3 aromatic rings. The third-order valence-electron chi connectivity index (χ3n) is 4.43. The number of carbonyl (C=O) groups is 1. The maximum Gasteiger partial charge on any atom is 0.229 e. The Bertz CT molecular complexity index is 872. The average molecular weight is 338 g/mol. The van der Waals surface area contributed by atoms with Crippen LogP contribution in [0, 0.1) is 5.92 Å². The lowest BCUT2D eigenvalue weighted by Crippen LogP contribution is -2.28. The number of anilines is 1. The van der Waals surface area contributed by atoms with E-state index >= 15 is 0 Å². The molecule has 2 N–H and O–H groups in total. The highest BCUT2D eigenvalue weighted by Crippen LogP contribution is 2.29. The molecule has 0 saturated carbocycles. The van der Waals surface area contributed by atoms with Gasteiger partial charge in [0.2, 0.25) is 5.91 Å². The SMILES string of the molecule is Cn1cc([C@H]2CNC[C@@H]2C(=O)Nc2cccc(-n3cnnn3)c2)cn1. The van der Waals surface area contributed by atoms with Crippen LogP contribution < -0.4 is 10.6 Å². The van der Waals surface area contributed by atoms with Crippen LogP contribution in [-0.2, 0) is 11.8 Å². The minimum absolute atomic E-state index is 0.00674. The van der Waals surface area contributed by atoms with Crippen molar-refractivity contribution in [3.63, 3.8) is 0 Å². The number of nitrogens with zero attached hydrogens (tertiary/aromatic N) is 6. The highest BCUT2D eigenvalue weighted by molar-refractivity contribution is 5.93. The lowest BCUT2D eigenvalue weighted by atomic mass is 9.90. The molecule has 1 aliphatic rings. The summed E-state index contributed by atoms with van der Waals surface area (Å²) in [4.78, 5) is 12.8. The van der Waals surface area contributed by atoms with Gasteiger partial charge in [0.15, 0.2) is 0 Å². The number of aromatic nitrogens is 6. The Balaban J connectivity index is 1.51. The van der Waals surface area contributed by atoms with Gasteiger partial charge in [0.1, 0.15) is 6.33 Å². The smallest absolute Gasteiger partial charge is 0.229 e. The molecule has 1 aliphatic heterocycles. The Morgan fingerprint density at radius 2 is 2.28 bits per heavy atom. The molecule has 1 amide bonds. The van der Waals surface area contributed by atoms with Crippen molar-refractivity contribution in [2.75, 3.05) is 18.4 Å². The summed E-state index contributed by atoms with van der Waals surface area (Å²) >= 11 is 0. The topological polar surface area (TPSA) is 103 Å². The summed E-state index contributed by atoms with van der Waals surface area (Å²) in [5.41, 5.74) is 2.58. The molecule has 25 heavy (non-hydrogen) atoms. The predicted octanol–water partition coefficient (Wildman–Crippen LogP) is 0.337. The second kappa shape index (κ2) is 6.44. The van der Waals surface area contributed by atoms with Crippen LogP contribution in [0.15, 0.2) is 43.0 Å². The molecule has 128 valence electrons. The molecule has 1 aromatic carbocycles. The molecule has 1 saturated heterocycles. The van der Waals surface area contributed by atoms with Crippen LogP contribution in [0.1, 0.15) is 11.5 Å². The summed E-state index contributed by atoms with van der Waals surface area (Å²) in [5, 5.41) is 21.6. The number of nitrogens with one attached hydrogen (secondary N) is 2. The first-order valence-electron chi connectivity index (χ1n) is 8.04. The molecule has 2 atom stereocenters. The summed E-state index contributed by atoms with van der Waals surface area (Å²) in [6.07, 6.45) is 5.31. The Hall–Kier alpha value is -3.07. The van der Waals surface area contributed by atoms with Crippen LogP contribution in [0.25, 0.3) is 5.69 Å². The molecule has 0 aliphatic carbocycles. The minimum Gasteiger partial charge on any atom is -0.326 e. The zero-order valence-electron chi connectivity index (χ0n) is 13.7. The van der Waals surface area contributed by atoms with E-state index in [1.54, 1.807) is 9.36 Å². The molecule has 9 nitrogen and oxygen atoms in total. The zero-order valence-corrected chi connectivity index (χ0v) is 13.7. The molecular weight excluding hydrogens is 320 g/mol. The lowest BCUT2D eigenvalue weighted by molar-refractivity contribution is -0.119. The van der Waals surface area contributed by atoms with Crippen molar-refractivity contribution in [2.24, 2.45) is 13.0 Å². The number of hydrogen-bond acceptors (Lipinski definition) is 6. The fraction of sp³-hybridized carbons (Fsp3) is 0.312. The first-order valence-corrected chi connectivity index (χ1v) is 8.04. The van der Waals surface area contributed by atoms with E-state index in [9.17, 15) is 4.79 Å². The van der Waals surface area contributed by atoms with Crippen molar-refractivity contribution < 1.29 is 4.79 Å². The van der Waals surface area contributed by atoms with E-state index in [2.05, 4.69) is 31.3 Å². The number of aryl methyl sites for hydroxylation is 1. The minimum atomic E-state index is -0.138. The van der Waals surface area contributed by atoms with Gasteiger partial charge in [0.25, 0.3) is 0 Å². The zero-order chi connectivity index (χ0) is 17.2. The number of amides is 1. The number of tetrazole rings is 1. The van der Waals surface area contributed by atoms with Crippen LogP contribution in [0.3, 0.4) is 0 Å². The van der Waals surface area contributed by atoms with Gasteiger partial charge in [-0.3, -0.25) is 9.48 Å². The number of rotatable bonds is 4. The lowest BCUT2D eigenvalue weighted by Gasteiger charge is -2.17. The Morgan fingerprint density at radius 3 is 3.04 bits per heavy atom. The van der Waals surface area contributed by atoms with Crippen LogP contribution >= 0.6 is 0 Å². The maximum atomic E-state index is 12.8. The van der Waals surface area contributed by atoms with Crippen LogP contribution in [-0.4, -0.2) is 49.0 Å². The van der Waals surface area contributed by atoms with Gasteiger partial charge in [-0.2, -0.15) is 5.10 Å². The van der Waals surface area contributed by atoms with Crippen LogP contribution in [0.4, 0.5) is 5.69 Å². The number of carbonyl (C=O) groups excluding carboxylic acids is 1. The van der Waals surface area contributed by atoms with E-state index in [0.717, 1.165) is 23.5 Å². The summed E-state index contributed by atoms with van der Waals surface area (Å²) in [7, 11) is 1.88. The first kappa shape index (κ1) is 15.5. The second-order valence-electron chi connectivity index (χ2n) is 6.11. The molecule has 0 bridgehead atoms. The Labute approximate surface area is 144 Å². The third-order valence-corrected chi connectivity index (χ3v) is 4.43. The summed E-state index contributed by atoms with van der Waals surface area (Å²) in [6, 6.07) is 7.43. The van der Waals surface area contributed by atoms with E-state index in [1.165, 1.54) is 6.33 Å². The van der Waals surface area contributed by atoms with Crippen molar-refractivity contribution in [3.8, 4) is 5.69 Å². The summed E-state index contributed by atoms with van der Waals surface area (Å²) in [5.74, 6) is -0.0231. The molecule has 0 radical (unpaired) electrons. The highest BCUT2D eigenvalue weighted by atomic mass is 16.2. The molecule has 0 spiro atoms. The maximum absolute atomic E-state index is 12.8. The Kier molecular flexibility index (Phi) is 3.98. The van der Waals surface area contributed by atoms with Crippen molar-refractivity contribution in [2.45, 2.75) is 5.92 Å². The molecule has 0 unspecified atom stereocenters. The van der Waals surface area contributed by atoms with E-state index < -0.39 is 0 Å². The van der Waals surface area contributed by atoms with E-state index in [1.807, 2.05) is 43.7 Å². The van der Waals surface area contributed by atoms with Crippen LogP contribution in [0.5, 0.6) is 0 Å². The molecule has 2 aromatic heterocycles. The normalized spacial score (nSPS) is 19.9. The van der Waals surface area contributed by atoms with Crippen molar-refractivity contribution in [3.05, 3.63) is 48.5 Å². The monoisotopic (exact) mass is 338 g/mol. The van der Waals surface area contributed by atoms with E-state index in [-0.39, 0.29) is 17.7 Å². The van der Waals surface area contributed by atoms with Gasteiger partial charge in [-0.05, 0) is 34.2 Å². The van der Waals surface area contributed by atoms with Gasteiger partial charge >= 0.3 is 0 Å². The van der Waals surface area contributed by atoms with E-state index in [4.69, 9.17) is 0 Å². The van der Waals surface area contributed by atoms with Gasteiger partial charge in [-0.1, -0.05) is 6.07 Å². The standard InChI is InChI=1S/C16H18N8O/c1-23-9-11(6-19-23)14-7-17-8-15(14)16(25)20-12-3-2-4-13(5-12)24-10-18-21-22-24/h2-6,9-10,14-15,17H,7-8H2,1H3,(H,20,25)/t14-,15+/m1/s1.